The van der Waals surface area contributed by atoms with E-state index in [1.54, 1.807) is 18.7 Å². The van der Waals surface area contributed by atoms with Crippen LogP contribution in [0.1, 0.15) is 24.2 Å². The average molecular weight is 206 g/mol. The highest BCUT2D eigenvalue weighted by atomic mass is 32.2. The van der Waals surface area contributed by atoms with Gasteiger partial charge in [-0.1, -0.05) is 18.2 Å². The van der Waals surface area contributed by atoms with Gasteiger partial charge in [-0.15, -0.1) is 18.3 Å². The van der Waals surface area contributed by atoms with Crippen molar-refractivity contribution in [2.75, 3.05) is 0 Å². The van der Waals surface area contributed by atoms with Crippen LogP contribution in [0.4, 0.5) is 0 Å². The Labute approximate surface area is 89.2 Å². The predicted octanol–water partition coefficient (Wildman–Crippen LogP) is 3.56. The Balaban J connectivity index is 2.83. The van der Waals surface area contributed by atoms with Crippen LogP contribution in [0.5, 0.6) is 0 Å². The van der Waals surface area contributed by atoms with Crippen LogP contribution in [0, 0.1) is 0 Å². The molecule has 0 aliphatic rings. The molecule has 0 saturated carbocycles. The van der Waals surface area contributed by atoms with Gasteiger partial charge >= 0.3 is 0 Å². The number of thioether (sulfide) groups is 1. The van der Waals surface area contributed by atoms with Gasteiger partial charge in [0.1, 0.15) is 0 Å². The molecule has 0 aromatic heterocycles. The minimum atomic E-state index is 0.110. The number of benzene rings is 1. The summed E-state index contributed by atoms with van der Waals surface area (Å²) in [5, 5.41) is 0.372. The van der Waals surface area contributed by atoms with Gasteiger partial charge in [-0.2, -0.15) is 0 Å². The third-order valence-electron chi connectivity index (χ3n) is 1.89. The lowest BCUT2D eigenvalue weighted by Gasteiger charge is -2.06. The zero-order valence-corrected chi connectivity index (χ0v) is 9.30. The minimum absolute atomic E-state index is 0.110. The summed E-state index contributed by atoms with van der Waals surface area (Å²) in [6.07, 6.45) is 1.89. The van der Waals surface area contributed by atoms with E-state index in [4.69, 9.17) is 0 Å². The van der Waals surface area contributed by atoms with E-state index < -0.39 is 0 Å². The van der Waals surface area contributed by atoms with E-state index in [1.165, 1.54) is 0 Å². The number of carbonyl (C=O) groups is 1. The molecule has 1 aromatic rings. The highest BCUT2D eigenvalue weighted by Crippen LogP contribution is 2.24. The lowest BCUT2D eigenvalue weighted by molar-refractivity contribution is 0.101. The fourth-order valence-corrected chi connectivity index (χ4v) is 1.93. The van der Waals surface area contributed by atoms with Gasteiger partial charge in [0.25, 0.3) is 0 Å². The third kappa shape index (κ3) is 3.04. The van der Waals surface area contributed by atoms with Crippen molar-refractivity contribution in [2.24, 2.45) is 0 Å². The van der Waals surface area contributed by atoms with Crippen molar-refractivity contribution in [1.29, 1.82) is 0 Å². The number of Topliss-reactive ketones (excluding diaryl/α,β-unsaturated/α-hetero) is 1. The normalized spacial score (nSPS) is 12.1. The molecule has 0 radical (unpaired) electrons. The van der Waals surface area contributed by atoms with Crippen LogP contribution in [0.2, 0.25) is 0 Å². The molecule has 14 heavy (non-hydrogen) atoms. The fraction of sp³-hybridized carbons (Fsp3) is 0.250. The Morgan fingerprint density at radius 3 is 2.86 bits per heavy atom. The standard InChI is InChI=1S/C12H14OS/c1-4-9(2)14-12-7-5-6-11(8-12)10(3)13/h4-9H,1H2,2-3H3. The van der Waals surface area contributed by atoms with Crippen LogP contribution in [0.3, 0.4) is 0 Å². The van der Waals surface area contributed by atoms with Crippen LogP contribution in [-0.4, -0.2) is 11.0 Å². The molecule has 0 saturated heterocycles. The maximum Gasteiger partial charge on any atom is 0.159 e. The fourth-order valence-electron chi connectivity index (χ4n) is 1.05. The quantitative estimate of drug-likeness (QED) is 0.425. The van der Waals surface area contributed by atoms with Crippen LogP contribution in [0.15, 0.2) is 41.8 Å². The molecule has 1 nitrogen and oxygen atoms in total. The SMILES string of the molecule is C=CC(C)Sc1cccc(C(C)=O)c1. The van der Waals surface area contributed by atoms with E-state index in [0.717, 1.165) is 10.5 Å². The molecule has 0 N–H and O–H groups in total. The van der Waals surface area contributed by atoms with Crippen molar-refractivity contribution in [3.63, 3.8) is 0 Å². The van der Waals surface area contributed by atoms with Crippen molar-refractivity contribution in [3.05, 3.63) is 42.5 Å². The second kappa shape index (κ2) is 5.01. The summed E-state index contributed by atoms with van der Waals surface area (Å²) in [4.78, 5) is 12.2. The summed E-state index contributed by atoms with van der Waals surface area (Å²) in [6, 6.07) is 7.68. The molecular formula is C12H14OS. The van der Waals surface area contributed by atoms with Crippen LogP contribution in [0.25, 0.3) is 0 Å². The Bertz CT molecular complexity index is 344. The van der Waals surface area contributed by atoms with Gasteiger partial charge in [-0.05, 0) is 26.0 Å². The summed E-state index contributed by atoms with van der Waals surface area (Å²) in [5.74, 6) is 0.110. The van der Waals surface area contributed by atoms with Crippen molar-refractivity contribution < 1.29 is 4.79 Å². The monoisotopic (exact) mass is 206 g/mol. The van der Waals surface area contributed by atoms with E-state index in [2.05, 4.69) is 13.5 Å². The number of hydrogen-bond acceptors (Lipinski definition) is 2. The second-order valence-electron chi connectivity index (χ2n) is 3.14. The molecule has 1 unspecified atom stereocenters. The number of carbonyl (C=O) groups excluding carboxylic acids is 1. The lowest BCUT2D eigenvalue weighted by atomic mass is 10.2. The molecule has 1 aromatic carbocycles. The zero-order chi connectivity index (χ0) is 10.6. The van der Waals surface area contributed by atoms with Gasteiger partial charge < -0.3 is 0 Å². The van der Waals surface area contributed by atoms with E-state index in [9.17, 15) is 4.79 Å². The number of ketones is 1. The molecule has 0 aliphatic carbocycles. The summed E-state index contributed by atoms with van der Waals surface area (Å²) in [5.41, 5.74) is 0.770. The molecule has 1 rings (SSSR count). The summed E-state index contributed by atoms with van der Waals surface area (Å²) in [6.45, 7) is 7.39. The van der Waals surface area contributed by atoms with E-state index >= 15 is 0 Å². The average Bonchev–Trinajstić information content (AvgIpc) is 2.18. The van der Waals surface area contributed by atoms with Gasteiger partial charge in [0.15, 0.2) is 5.78 Å². The van der Waals surface area contributed by atoms with Gasteiger partial charge in [0.2, 0.25) is 0 Å². The molecule has 0 bridgehead atoms. The van der Waals surface area contributed by atoms with E-state index in [1.807, 2.05) is 30.3 Å². The third-order valence-corrected chi connectivity index (χ3v) is 2.98. The molecule has 0 aliphatic heterocycles. The maximum atomic E-state index is 11.1. The molecule has 1 atom stereocenters. The molecular weight excluding hydrogens is 192 g/mol. The van der Waals surface area contributed by atoms with Crippen molar-refractivity contribution in [2.45, 2.75) is 24.0 Å². The second-order valence-corrected chi connectivity index (χ2v) is 4.59. The van der Waals surface area contributed by atoms with E-state index in [-0.39, 0.29) is 5.78 Å². The number of rotatable bonds is 4. The summed E-state index contributed by atoms with van der Waals surface area (Å²) in [7, 11) is 0. The Kier molecular flexibility index (Phi) is 3.96. The minimum Gasteiger partial charge on any atom is -0.295 e. The smallest absolute Gasteiger partial charge is 0.159 e. The van der Waals surface area contributed by atoms with Crippen LogP contribution in [-0.2, 0) is 0 Å². The Hall–Kier alpha value is -1.02. The molecule has 2 heteroatoms. The lowest BCUT2D eigenvalue weighted by Crippen LogP contribution is -1.93. The molecule has 74 valence electrons. The van der Waals surface area contributed by atoms with Crippen molar-refractivity contribution in [3.8, 4) is 0 Å². The Morgan fingerprint density at radius 1 is 1.57 bits per heavy atom. The van der Waals surface area contributed by atoms with Gasteiger partial charge in [-0.25, -0.2) is 0 Å². The van der Waals surface area contributed by atoms with Gasteiger partial charge in [0, 0.05) is 15.7 Å². The topological polar surface area (TPSA) is 17.1 Å². The first-order valence-electron chi connectivity index (χ1n) is 4.53. The first-order chi connectivity index (χ1) is 6.63. The molecule has 0 amide bonds. The van der Waals surface area contributed by atoms with Gasteiger partial charge in [0.05, 0.1) is 0 Å². The largest absolute Gasteiger partial charge is 0.295 e. The van der Waals surface area contributed by atoms with Crippen molar-refractivity contribution >= 4 is 17.5 Å². The highest BCUT2D eigenvalue weighted by Gasteiger charge is 2.03. The maximum absolute atomic E-state index is 11.1. The summed E-state index contributed by atoms with van der Waals surface area (Å²) < 4.78 is 0. The first kappa shape index (κ1) is 11.1. The molecule has 0 fully saturated rings. The van der Waals surface area contributed by atoms with E-state index in [0.29, 0.717) is 5.25 Å². The first-order valence-corrected chi connectivity index (χ1v) is 5.41. The Morgan fingerprint density at radius 2 is 2.29 bits per heavy atom. The van der Waals surface area contributed by atoms with Gasteiger partial charge in [-0.3, -0.25) is 4.79 Å². The molecule has 0 heterocycles. The number of hydrogen-bond donors (Lipinski definition) is 0. The zero-order valence-electron chi connectivity index (χ0n) is 8.49. The molecule has 0 spiro atoms. The van der Waals surface area contributed by atoms with Crippen LogP contribution >= 0.6 is 11.8 Å². The van der Waals surface area contributed by atoms with Crippen LogP contribution < -0.4 is 0 Å². The highest BCUT2D eigenvalue weighted by molar-refractivity contribution is 8.00. The predicted molar refractivity (Wildman–Crippen MR) is 62.0 cm³/mol. The van der Waals surface area contributed by atoms with Crippen molar-refractivity contribution in [1.82, 2.24) is 0 Å². The summed E-state index contributed by atoms with van der Waals surface area (Å²) >= 11 is 1.70.